The predicted molar refractivity (Wildman–Crippen MR) is 213 cm³/mol. The average molecular weight is 735 g/mol. The van der Waals surface area contributed by atoms with Crippen LogP contribution in [0.4, 0.5) is 0 Å². The van der Waals surface area contributed by atoms with E-state index in [9.17, 15) is 19.2 Å². The maximum Gasteiger partial charge on any atom is 0.356 e. The van der Waals surface area contributed by atoms with E-state index in [2.05, 4.69) is 26.2 Å². The van der Waals surface area contributed by atoms with Gasteiger partial charge in [-0.25, -0.2) is 4.79 Å². The molecule has 0 radical (unpaired) electrons. The smallest absolute Gasteiger partial charge is 0.356 e. The van der Waals surface area contributed by atoms with Crippen molar-refractivity contribution in [1.82, 2.24) is 9.80 Å². The summed E-state index contributed by atoms with van der Waals surface area (Å²) < 4.78 is 12.4. The number of esters is 1. The lowest BCUT2D eigenvalue weighted by Crippen LogP contribution is -2.69. The minimum Gasteiger partial charge on any atom is -0.457 e. The van der Waals surface area contributed by atoms with Crippen molar-refractivity contribution < 1.29 is 28.3 Å². The quantitative estimate of drug-likeness (QED) is 0.0402. The van der Waals surface area contributed by atoms with E-state index < -0.39 is 39.2 Å². The van der Waals surface area contributed by atoms with Crippen molar-refractivity contribution in [2.24, 2.45) is 5.92 Å². The zero-order chi connectivity index (χ0) is 37.6. The Hall–Kier alpha value is -4.82. The average Bonchev–Trinajstić information content (AvgIpc) is 3.13. The Balaban J connectivity index is 1.79. The standard InChI is InChI=1S/C42H47N2O6PSi/c1-8-28-49-42(48)41(51(33-18-12-9-13-19-33,34-20-14-10-15-21-34)35-22-16-11-17-23-35)44-36(38(40(44)47)30(2)50-52(5,6)7)29-37(45)31-24-26-32(27-25-31)39(46)43(3)4/h8-27,30,36,38H,1,28-29H2,2-7H3. The molecule has 1 aliphatic rings. The Morgan fingerprint density at radius 3 is 1.69 bits per heavy atom. The lowest BCUT2D eigenvalue weighted by molar-refractivity contribution is -0.156. The number of β-lactam (4-membered cyclic amide) rings is 1. The second-order valence-electron chi connectivity index (χ2n) is 14.0. The molecule has 1 heterocycles. The van der Waals surface area contributed by atoms with Crippen LogP contribution in [0.1, 0.15) is 34.1 Å². The van der Waals surface area contributed by atoms with Gasteiger partial charge in [0, 0.05) is 38.5 Å². The summed E-state index contributed by atoms with van der Waals surface area (Å²) in [4.78, 5) is 59.4. The third-order valence-electron chi connectivity index (χ3n) is 9.06. The zero-order valence-electron chi connectivity index (χ0n) is 30.7. The van der Waals surface area contributed by atoms with E-state index in [4.69, 9.17) is 9.16 Å². The summed E-state index contributed by atoms with van der Waals surface area (Å²) in [5.41, 5.74) is 1.06. The largest absolute Gasteiger partial charge is 0.457 e. The van der Waals surface area contributed by atoms with E-state index in [1.165, 1.54) is 11.0 Å². The summed E-state index contributed by atoms with van der Waals surface area (Å²) in [6.07, 6.45) is 0.907. The monoisotopic (exact) mass is 734 g/mol. The first-order valence-corrected chi connectivity index (χ1v) is 22.6. The highest BCUT2D eigenvalue weighted by Gasteiger charge is 2.56. The molecular weight excluding hydrogens is 688 g/mol. The summed E-state index contributed by atoms with van der Waals surface area (Å²) in [5, 5.41) is 2.56. The van der Waals surface area contributed by atoms with E-state index >= 15 is 0 Å². The fourth-order valence-electron chi connectivity index (χ4n) is 6.92. The van der Waals surface area contributed by atoms with E-state index in [0.717, 1.165) is 15.9 Å². The van der Waals surface area contributed by atoms with Crippen LogP contribution in [0.3, 0.4) is 0 Å². The first-order valence-electron chi connectivity index (χ1n) is 17.4. The molecule has 0 aromatic heterocycles. The molecule has 4 aromatic carbocycles. The lowest BCUT2D eigenvalue weighted by Gasteiger charge is -2.52. The summed E-state index contributed by atoms with van der Waals surface area (Å²) in [6, 6.07) is 35.1. The summed E-state index contributed by atoms with van der Waals surface area (Å²) in [6.45, 7) is 8.58. The molecule has 10 heteroatoms. The molecule has 1 fully saturated rings. The highest BCUT2D eigenvalue weighted by molar-refractivity contribution is 7.96. The first kappa shape index (κ1) is 38.4. The van der Waals surface area contributed by atoms with Crippen LogP contribution in [0.5, 0.6) is 0 Å². The van der Waals surface area contributed by atoms with Crippen LogP contribution in [0, 0.1) is 5.92 Å². The normalized spacial score (nSPS) is 16.3. The van der Waals surface area contributed by atoms with Crippen LogP contribution in [-0.2, 0) is 18.8 Å². The Bertz CT molecular complexity index is 1870. The number of Topliss-reactive ketones (excluding diaryl/α,β-unsaturated/α-hetero) is 1. The molecule has 3 unspecified atom stereocenters. The molecule has 52 heavy (non-hydrogen) atoms. The summed E-state index contributed by atoms with van der Waals surface area (Å²) in [5.74, 6) is -2.05. The molecule has 0 spiro atoms. The molecule has 0 aliphatic carbocycles. The van der Waals surface area contributed by atoms with Crippen LogP contribution in [0.2, 0.25) is 19.6 Å². The number of hydrogen-bond donors (Lipinski definition) is 0. The SMILES string of the molecule is C=CCOC(=O)C(N1C(=O)C(C(C)O[Si](C)(C)C)C1CC(=O)c1ccc(C(=O)N(C)C)cc1)=P(c1ccccc1)(c1ccccc1)c1ccccc1. The molecular formula is C42H47N2O6PSi. The highest BCUT2D eigenvalue weighted by Crippen LogP contribution is 2.50. The second kappa shape index (κ2) is 16.2. The van der Waals surface area contributed by atoms with Gasteiger partial charge in [-0.05, 0) is 54.6 Å². The molecule has 5 rings (SSSR count). The van der Waals surface area contributed by atoms with Crippen LogP contribution >= 0.6 is 6.89 Å². The zero-order valence-corrected chi connectivity index (χ0v) is 32.6. The number of carbonyl (C=O) groups is 4. The first-order chi connectivity index (χ1) is 24.8. The number of ether oxygens (including phenoxy) is 1. The highest BCUT2D eigenvalue weighted by atomic mass is 31.2. The van der Waals surface area contributed by atoms with E-state index in [-0.39, 0.29) is 36.0 Å². The Labute approximate surface area is 308 Å². The van der Waals surface area contributed by atoms with Crippen molar-refractivity contribution in [2.45, 2.75) is 45.1 Å². The van der Waals surface area contributed by atoms with Gasteiger partial charge in [-0.1, -0.05) is 116 Å². The fourth-order valence-corrected chi connectivity index (χ4v) is 12.6. The van der Waals surface area contributed by atoms with Crippen molar-refractivity contribution in [3.63, 3.8) is 0 Å². The molecule has 0 bridgehead atoms. The van der Waals surface area contributed by atoms with Crippen molar-refractivity contribution in [2.75, 3.05) is 20.7 Å². The molecule has 1 saturated heterocycles. The van der Waals surface area contributed by atoms with Crippen LogP contribution in [0.25, 0.3) is 0 Å². The van der Waals surface area contributed by atoms with Gasteiger partial charge in [0.15, 0.2) is 14.1 Å². The number of benzene rings is 4. The topological polar surface area (TPSA) is 93.2 Å². The minimum absolute atomic E-state index is 0.0666. The maximum absolute atomic E-state index is 14.8. The Kier molecular flexibility index (Phi) is 12.0. The number of amides is 2. The summed E-state index contributed by atoms with van der Waals surface area (Å²) in [7, 11) is 1.21. The van der Waals surface area contributed by atoms with Gasteiger partial charge in [0.1, 0.15) is 12.0 Å². The molecule has 2 amide bonds. The van der Waals surface area contributed by atoms with Gasteiger partial charge in [-0.15, -0.1) is 0 Å². The van der Waals surface area contributed by atoms with Crippen molar-refractivity contribution >= 4 is 60.1 Å². The van der Waals surface area contributed by atoms with Gasteiger partial charge in [0.2, 0.25) is 5.91 Å². The number of rotatable bonds is 14. The van der Waals surface area contributed by atoms with Crippen LogP contribution in [0.15, 0.2) is 128 Å². The van der Waals surface area contributed by atoms with Gasteiger partial charge in [0.25, 0.3) is 5.91 Å². The molecule has 270 valence electrons. The minimum atomic E-state index is -3.17. The van der Waals surface area contributed by atoms with Crippen molar-refractivity contribution in [3.05, 3.63) is 139 Å². The van der Waals surface area contributed by atoms with Crippen LogP contribution < -0.4 is 15.9 Å². The molecule has 3 atom stereocenters. The van der Waals surface area contributed by atoms with Crippen LogP contribution in [-0.4, -0.2) is 79.9 Å². The van der Waals surface area contributed by atoms with E-state index in [1.54, 1.807) is 43.3 Å². The van der Waals surface area contributed by atoms with Gasteiger partial charge in [0.05, 0.1) is 18.1 Å². The number of ketones is 1. The van der Waals surface area contributed by atoms with Gasteiger partial charge >= 0.3 is 5.97 Å². The Morgan fingerprint density at radius 1 is 0.808 bits per heavy atom. The molecule has 4 aromatic rings. The second-order valence-corrected chi connectivity index (χ2v) is 21.8. The maximum atomic E-state index is 14.8. The number of hydrogen-bond acceptors (Lipinski definition) is 6. The third kappa shape index (κ3) is 7.82. The molecule has 1 aliphatic heterocycles. The van der Waals surface area contributed by atoms with Crippen molar-refractivity contribution in [3.8, 4) is 0 Å². The molecule has 0 N–H and O–H groups in total. The molecule has 0 saturated carbocycles. The lowest BCUT2D eigenvalue weighted by atomic mass is 9.79. The Morgan fingerprint density at radius 2 is 1.27 bits per heavy atom. The molecule has 8 nitrogen and oxygen atoms in total. The van der Waals surface area contributed by atoms with Crippen molar-refractivity contribution in [1.29, 1.82) is 0 Å². The third-order valence-corrected chi connectivity index (χ3v) is 14.4. The van der Waals surface area contributed by atoms with Gasteiger partial charge in [-0.3, -0.25) is 14.4 Å². The summed E-state index contributed by atoms with van der Waals surface area (Å²) >= 11 is 0. The number of carbonyl (C=O) groups excluding carboxylic acids is 4. The van der Waals surface area contributed by atoms with E-state index in [1.807, 2.05) is 97.9 Å². The van der Waals surface area contributed by atoms with E-state index in [0.29, 0.717) is 11.1 Å². The van der Waals surface area contributed by atoms with Gasteiger partial charge in [-0.2, -0.15) is 0 Å². The number of nitrogens with zero attached hydrogens (tertiary/aromatic N) is 2. The predicted octanol–water partition coefficient (Wildman–Crippen LogP) is 5.88. The number of likely N-dealkylation sites (tertiary alicyclic amines) is 1. The fraction of sp³-hybridized carbons (Fsp3) is 0.262. The van der Waals surface area contributed by atoms with Gasteiger partial charge < -0.3 is 19.0 Å².